The Kier molecular flexibility index (Phi) is 4.12. The zero-order valence-electron chi connectivity index (χ0n) is 10.9. The molecule has 4 nitrogen and oxygen atoms in total. The van der Waals surface area contributed by atoms with Crippen LogP contribution in [0.1, 0.15) is 5.56 Å². The lowest BCUT2D eigenvalue weighted by Gasteiger charge is -2.11. The van der Waals surface area contributed by atoms with Crippen molar-refractivity contribution in [3.05, 3.63) is 41.2 Å². The van der Waals surface area contributed by atoms with Crippen LogP contribution in [0.15, 0.2) is 30.5 Å². The average molecular weight is 280 g/mol. The topological polar surface area (TPSA) is 40.6 Å². The van der Waals surface area contributed by atoms with Crippen molar-refractivity contribution in [2.75, 3.05) is 14.2 Å². The zero-order chi connectivity index (χ0) is 13.8. The Morgan fingerprint density at radius 3 is 2.11 bits per heavy atom. The van der Waals surface area contributed by atoms with Crippen molar-refractivity contribution in [2.45, 2.75) is 6.92 Å². The molecule has 1 aromatic carbocycles. The first-order valence-corrected chi connectivity index (χ1v) is 6.03. The van der Waals surface area contributed by atoms with E-state index < -0.39 is 0 Å². The molecule has 0 N–H and O–H groups in total. The fraction of sp³-hybridized carbons (Fsp3) is 0.214. The van der Waals surface area contributed by atoms with E-state index in [1.807, 2.05) is 6.92 Å². The lowest BCUT2D eigenvalue weighted by Crippen LogP contribution is -1.92. The van der Waals surface area contributed by atoms with Gasteiger partial charge in [0.2, 0.25) is 0 Å². The molecule has 0 aliphatic carbocycles. The van der Waals surface area contributed by atoms with Gasteiger partial charge in [-0.25, -0.2) is 4.98 Å². The van der Waals surface area contributed by atoms with E-state index >= 15 is 0 Å². The molecule has 100 valence electrons. The maximum Gasteiger partial charge on any atom is 0.134 e. The number of aryl methyl sites for hydroxylation is 1. The summed E-state index contributed by atoms with van der Waals surface area (Å²) in [6.07, 6.45) is 1.66. The van der Waals surface area contributed by atoms with Gasteiger partial charge in [0.05, 0.1) is 14.2 Å². The van der Waals surface area contributed by atoms with Gasteiger partial charge in [-0.05, 0) is 6.92 Å². The Labute approximate surface area is 116 Å². The SMILES string of the molecule is COc1cc(OC)cc(Oc2cc(Cl)ncc2C)c1. The van der Waals surface area contributed by atoms with Gasteiger partial charge >= 0.3 is 0 Å². The Morgan fingerprint density at radius 1 is 0.947 bits per heavy atom. The minimum atomic E-state index is 0.385. The lowest BCUT2D eigenvalue weighted by atomic mass is 10.2. The molecule has 2 aromatic rings. The zero-order valence-corrected chi connectivity index (χ0v) is 11.7. The quantitative estimate of drug-likeness (QED) is 0.797. The van der Waals surface area contributed by atoms with E-state index in [4.69, 9.17) is 25.8 Å². The fourth-order valence-corrected chi connectivity index (χ4v) is 1.71. The second kappa shape index (κ2) is 5.80. The number of nitrogens with zero attached hydrogens (tertiary/aromatic N) is 1. The standard InChI is InChI=1S/C14H14ClNO3/c1-9-8-16-14(15)7-13(9)19-12-5-10(17-2)4-11(6-12)18-3/h4-8H,1-3H3. The van der Waals surface area contributed by atoms with Gasteiger partial charge in [-0.1, -0.05) is 11.6 Å². The van der Waals surface area contributed by atoms with E-state index in [1.54, 1.807) is 44.7 Å². The first-order valence-electron chi connectivity index (χ1n) is 5.65. The van der Waals surface area contributed by atoms with Crippen LogP contribution in [0.4, 0.5) is 0 Å². The summed E-state index contributed by atoms with van der Waals surface area (Å²) in [7, 11) is 3.18. The molecule has 0 aliphatic heterocycles. The Balaban J connectivity index is 2.34. The van der Waals surface area contributed by atoms with Crippen molar-refractivity contribution in [3.8, 4) is 23.0 Å². The van der Waals surface area contributed by atoms with Crippen molar-refractivity contribution in [1.29, 1.82) is 0 Å². The molecule has 0 bridgehead atoms. The summed E-state index contributed by atoms with van der Waals surface area (Å²) >= 11 is 5.86. The summed E-state index contributed by atoms with van der Waals surface area (Å²) < 4.78 is 16.2. The second-order valence-electron chi connectivity index (χ2n) is 3.92. The van der Waals surface area contributed by atoms with E-state index in [-0.39, 0.29) is 0 Å². The lowest BCUT2D eigenvalue weighted by molar-refractivity contribution is 0.386. The molecular weight excluding hydrogens is 266 g/mol. The van der Waals surface area contributed by atoms with Gasteiger partial charge in [-0.15, -0.1) is 0 Å². The molecular formula is C14H14ClNO3. The average Bonchev–Trinajstić information content (AvgIpc) is 2.42. The van der Waals surface area contributed by atoms with Crippen LogP contribution < -0.4 is 14.2 Å². The maximum atomic E-state index is 5.86. The number of ether oxygens (including phenoxy) is 3. The summed E-state index contributed by atoms with van der Waals surface area (Å²) in [5.74, 6) is 2.58. The van der Waals surface area contributed by atoms with Crippen LogP contribution in [0.2, 0.25) is 5.15 Å². The van der Waals surface area contributed by atoms with Crippen LogP contribution in [0.25, 0.3) is 0 Å². The number of halogens is 1. The minimum Gasteiger partial charge on any atom is -0.496 e. The van der Waals surface area contributed by atoms with Crippen LogP contribution in [-0.4, -0.2) is 19.2 Å². The highest BCUT2D eigenvalue weighted by Gasteiger charge is 2.07. The smallest absolute Gasteiger partial charge is 0.134 e. The van der Waals surface area contributed by atoms with Crippen molar-refractivity contribution < 1.29 is 14.2 Å². The number of hydrogen-bond donors (Lipinski definition) is 0. The molecule has 0 saturated carbocycles. The van der Waals surface area contributed by atoms with E-state index in [0.717, 1.165) is 5.56 Å². The third-order valence-electron chi connectivity index (χ3n) is 2.57. The molecule has 0 fully saturated rings. The van der Waals surface area contributed by atoms with Crippen LogP contribution >= 0.6 is 11.6 Å². The summed E-state index contributed by atoms with van der Waals surface area (Å²) in [5.41, 5.74) is 0.895. The van der Waals surface area contributed by atoms with Gasteiger partial charge in [0.1, 0.15) is 28.2 Å². The molecule has 0 amide bonds. The van der Waals surface area contributed by atoms with Crippen LogP contribution in [-0.2, 0) is 0 Å². The van der Waals surface area contributed by atoms with Gasteiger partial charge in [0.25, 0.3) is 0 Å². The first kappa shape index (κ1) is 13.5. The molecule has 19 heavy (non-hydrogen) atoms. The highest BCUT2D eigenvalue weighted by Crippen LogP contribution is 2.32. The Bertz CT molecular complexity index is 565. The van der Waals surface area contributed by atoms with Crippen molar-refractivity contribution in [1.82, 2.24) is 4.98 Å². The predicted molar refractivity (Wildman–Crippen MR) is 73.6 cm³/mol. The normalized spacial score (nSPS) is 10.1. The van der Waals surface area contributed by atoms with Crippen LogP contribution in [0.3, 0.4) is 0 Å². The third kappa shape index (κ3) is 3.29. The summed E-state index contributed by atoms with van der Waals surface area (Å²) in [6, 6.07) is 6.99. The van der Waals surface area contributed by atoms with Gasteiger partial charge in [0, 0.05) is 36.0 Å². The van der Waals surface area contributed by atoms with Gasteiger partial charge in [-0.2, -0.15) is 0 Å². The molecule has 0 atom stereocenters. The predicted octanol–water partition coefficient (Wildman–Crippen LogP) is 3.85. The molecule has 1 heterocycles. The van der Waals surface area contributed by atoms with Crippen molar-refractivity contribution in [3.63, 3.8) is 0 Å². The number of pyridine rings is 1. The molecule has 1 aromatic heterocycles. The summed E-state index contributed by atoms with van der Waals surface area (Å²) in [4.78, 5) is 3.98. The summed E-state index contributed by atoms with van der Waals surface area (Å²) in [6.45, 7) is 1.90. The van der Waals surface area contributed by atoms with Gasteiger partial charge in [-0.3, -0.25) is 0 Å². The molecule has 0 unspecified atom stereocenters. The van der Waals surface area contributed by atoms with E-state index in [0.29, 0.717) is 28.2 Å². The third-order valence-corrected chi connectivity index (χ3v) is 2.78. The van der Waals surface area contributed by atoms with Gasteiger partial charge in [0.15, 0.2) is 0 Å². The highest BCUT2D eigenvalue weighted by atomic mass is 35.5. The highest BCUT2D eigenvalue weighted by molar-refractivity contribution is 6.29. The minimum absolute atomic E-state index is 0.385. The van der Waals surface area contributed by atoms with Crippen LogP contribution in [0.5, 0.6) is 23.0 Å². The van der Waals surface area contributed by atoms with Crippen LogP contribution in [0, 0.1) is 6.92 Å². The number of benzene rings is 1. The molecule has 0 spiro atoms. The molecule has 0 radical (unpaired) electrons. The second-order valence-corrected chi connectivity index (χ2v) is 4.31. The van der Waals surface area contributed by atoms with E-state index in [1.165, 1.54) is 0 Å². The van der Waals surface area contributed by atoms with E-state index in [2.05, 4.69) is 4.98 Å². The number of rotatable bonds is 4. The fourth-order valence-electron chi connectivity index (χ4n) is 1.56. The maximum absolute atomic E-state index is 5.86. The largest absolute Gasteiger partial charge is 0.496 e. The first-order chi connectivity index (χ1) is 9.12. The van der Waals surface area contributed by atoms with E-state index in [9.17, 15) is 0 Å². The Morgan fingerprint density at radius 2 is 1.53 bits per heavy atom. The van der Waals surface area contributed by atoms with Gasteiger partial charge < -0.3 is 14.2 Å². The molecule has 0 saturated heterocycles. The number of methoxy groups -OCH3 is 2. The molecule has 5 heteroatoms. The monoisotopic (exact) mass is 279 g/mol. The summed E-state index contributed by atoms with van der Waals surface area (Å²) in [5, 5.41) is 0.385. The Hall–Kier alpha value is -1.94. The number of hydrogen-bond acceptors (Lipinski definition) is 4. The number of aromatic nitrogens is 1. The molecule has 0 aliphatic rings. The van der Waals surface area contributed by atoms with Crippen molar-refractivity contribution in [2.24, 2.45) is 0 Å². The van der Waals surface area contributed by atoms with Crippen molar-refractivity contribution >= 4 is 11.6 Å². The molecule has 2 rings (SSSR count).